The van der Waals surface area contributed by atoms with E-state index in [1.165, 1.54) is 12.1 Å². The van der Waals surface area contributed by atoms with Gasteiger partial charge < -0.3 is 29.9 Å². The van der Waals surface area contributed by atoms with Crippen LogP contribution in [0, 0.1) is 0 Å². The van der Waals surface area contributed by atoms with E-state index in [-0.39, 0.29) is 5.75 Å². The number of phenols is 1. The summed E-state index contributed by atoms with van der Waals surface area (Å²) in [5.41, 5.74) is -1.67. The largest absolute Gasteiger partial charge is 0.507 e. The number of aliphatic hydroxyl groups is 3. The zero-order chi connectivity index (χ0) is 18.6. The lowest BCUT2D eigenvalue weighted by Crippen LogP contribution is -2.57. The van der Waals surface area contributed by atoms with Gasteiger partial charge in [-0.3, -0.25) is 0 Å². The van der Waals surface area contributed by atoms with Crippen LogP contribution in [0.15, 0.2) is 30.3 Å². The highest BCUT2D eigenvalue weighted by atomic mass is 16.6. The van der Waals surface area contributed by atoms with Crippen LogP contribution in [0.25, 0.3) is 6.08 Å². The number of benzene rings is 1. The SMILES string of the molecule is COC(=O)[C@]1(O)C[C@@H](O)[C@@H](O)[C@H](OC(=O)/C=C/c2ccccc2O)C1. The molecular formula is C17H20O8. The summed E-state index contributed by atoms with van der Waals surface area (Å²) in [6.07, 6.45) is -2.70. The molecule has 0 saturated heterocycles. The van der Waals surface area contributed by atoms with E-state index in [0.717, 1.165) is 13.2 Å². The van der Waals surface area contributed by atoms with E-state index < -0.39 is 48.7 Å². The first-order chi connectivity index (χ1) is 11.8. The highest BCUT2D eigenvalue weighted by Gasteiger charge is 2.50. The van der Waals surface area contributed by atoms with Crippen LogP contribution < -0.4 is 0 Å². The second kappa shape index (κ2) is 7.64. The van der Waals surface area contributed by atoms with E-state index in [1.807, 2.05) is 0 Å². The molecule has 1 aromatic carbocycles. The Labute approximate surface area is 143 Å². The van der Waals surface area contributed by atoms with Crippen molar-refractivity contribution in [2.75, 3.05) is 7.11 Å². The standard InChI is InChI=1S/C17H20O8/c1-24-16(22)17(23)8-12(19)15(21)13(9-17)25-14(20)7-6-10-4-2-3-5-11(10)18/h2-7,12-13,15,18-19,21,23H,8-9H2,1H3/b7-6+/t12-,13-,15-,17+/m1/s1. The fraction of sp³-hybridized carbons (Fsp3) is 0.412. The third-order valence-electron chi connectivity index (χ3n) is 4.03. The van der Waals surface area contributed by atoms with Crippen LogP contribution in [0.1, 0.15) is 18.4 Å². The topological polar surface area (TPSA) is 134 Å². The van der Waals surface area contributed by atoms with Gasteiger partial charge in [-0.05, 0) is 12.1 Å². The minimum absolute atomic E-state index is 0.0280. The molecule has 4 N–H and O–H groups in total. The van der Waals surface area contributed by atoms with Crippen LogP contribution in [0.4, 0.5) is 0 Å². The zero-order valence-corrected chi connectivity index (χ0v) is 13.5. The molecule has 0 aliphatic heterocycles. The Morgan fingerprint density at radius 3 is 2.56 bits per heavy atom. The summed E-state index contributed by atoms with van der Waals surface area (Å²) < 4.78 is 9.52. The van der Waals surface area contributed by atoms with Crippen molar-refractivity contribution in [2.24, 2.45) is 0 Å². The number of aliphatic hydroxyl groups excluding tert-OH is 2. The molecule has 4 atom stereocenters. The van der Waals surface area contributed by atoms with Crippen LogP contribution in [0.3, 0.4) is 0 Å². The Kier molecular flexibility index (Phi) is 5.78. The first-order valence-electron chi connectivity index (χ1n) is 7.60. The van der Waals surface area contributed by atoms with Crippen LogP contribution in [0.2, 0.25) is 0 Å². The summed E-state index contributed by atoms with van der Waals surface area (Å²) in [6.45, 7) is 0. The Hall–Kier alpha value is -2.42. The molecule has 8 heteroatoms. The van der Waals surface area contributed by atoms with Crippen molar-refractivity contribution in [1.29, 1.82) is 0 Å². The molecule has 1 aliphatic carbocycles. The first-order valence-corrected chi connectivity index (χ1v) is 7.60. The normalized spacial score (nSPS) is 29.4. The van der Waals surface area contributed by atoms with Gasteiger partial charge in [0.2, 0.25) is 0 Å². The lowest BCUT2D eigenvalue weighted by Gasteiger charge is -2.39. The van der Waals surface area contributed by atoms with Crippen molar-refractivity contribution in [3.63, 3.8) is 0 Å². The number of para-hydroxylation sites is 1. The van der Waals surface area contributed by atoms with Gasteiger partial charge in [0.25, 0.3) is 0 Å². The molecule has 0 radical (unpaired) electrons. The molecule has 1 aromatic rings. The molecule has 0 bridgehead atoms. The molecule has 0 unspecified atom stereocenters. The van der Waals surface area contributed by atoms with Crippen LogP contribution >= 0.6 is 0 Å². The third kappa shape index (κ3) is 4.36. The number of methoxy groups -OCH3 is 1. The van der Waals surface area contributed by atoms with Crippen molar-refractivity contribution in [3.8, 4) is 5.75 Å². The Morgan fingerprint density at radius 1 is 1.24 bits per heavy atom. The van der Waals surface area contributed by atoms with Gasteiger partial charge in [0.05, 0.1) is 13.2 Å². The molecule has 1 saturated carbocycles. The zero-order valence-electron chi connectivity index (χ0n) is 13.5. The quantitative estimate of drug-likeness (QED) is 0.430. The number of phenolic OH excluding ortho intramolecular Hbond substituents is 1. The molecular weight excluding hydrogens is 332 g/mol. The monoisotopic (exact) mass is 352 g/mol. The number of carbonyl (C=O) groups excluding carboxylic acids is 2. The van der Waals surface area contributed by atoms with Gasteiger partial charge in [-0.2, -0.15) is 0 Å². The highest BCUT2D eigenvalue weighted by Crippen LogP contribution is 2.32. The molecule has 2 rings (SSSR count). The lowest BCUT2D eigenvalue weighted by atomic mass is 9.79. The van der Waals surface area contributed by atoms with Gasteiger partial charge in [0.15, 0.2) is 5.60 Å². The number of rotatable bonds is 4. The number of esters is 2. The van der Waals surface area contributed by atoms with Gasteiger partial charge in [-0.25, -0.2) is 9.59 Å². The Bertz CT molecular complexity index is 670. The summed E-state index contributed by atoms with van der Waals surface area (Å²) in [6, 6.07) is 6.32. The van der Waals surface area contributed by atoms with Gasteiger partial charge >= 0.3 is 11.9 Å². The maximum absolute atomic E-state index is 11.9. The van der Waals surface area contributed by atoms with Crippen LogP contribution in [0.5, 0.6) is 5.75 Å². The third-order valence-corrected chi connectivity index (χ3v) is 4.03. The maximum Gasteiger partial charge on any atom is 0.338 e. The van der Waals surface area contributed by atoms with Crippen LogP contribution in [-0.2, 0) is 19.1 Å². The number of aromatic hydroxyl groups is 1. The summed E-state index contributed by atoms with van der Waals surface area (Å²) >= 11 is 0. The van der Waals surface area contributed by atoms with E-state index in [2.05, 4.69) is 4.74 Å². The molecule has 1 fully saturated rings. The number of hydrogen-bond donors (Lipinski definition) is 4. The average molecular weight is 352 g/mol. The van der Waals surface area contributed by atoms with E-state index in [9.17, 15) is 30.0 Å². The van der Waals surface area contributed by atoms with Gasteiger partial charge in [-0.1, -0.05) is 18.2 Å². The Morgan fingerprint density at radius 2 is 1.92 bits per heavy atom. The molecule has 0 spiro atoms. The summed E-state index contributed by atoms with van der Waals surface area (Å²) in [5.74, 6) is -1.88. The average Bonchev–Trinajstić information content (AvgIpc) is 2.57. The van der Waals surface area contributed by atoms with Gasteiger partial charge in [-0.15, -0.1) is 0 Å². The van der Waals surface area contributed by atoms with Crippen LogP contribution in [-0.4, -0.2) is 63.4 Å². The van der Waals surface area contributed by atoms with Crippen molar-refractivity contribution in [3.05, 3.63) is 35.9 Å². The minimum Gasteiger partial charge on any atom is -0.507 e. The molecule has 0 aromatic heterocycles. The second-order valence-corrected chi connectivity index (χ2v) is 5.86. The van der Waals surface area contributed by atoms with Crippen molar-refractivity contribution >= 4 is 18.0 Å². The fourth-order valence-electron chi connectivity index (χ4n) is 2.69. The summed E-state index contributed by atoms with van der Waals surface area (Å²) in [5, 5.41) is 39.7. The smallest absolute Gasteiger partial charge is 0.338 e. The fourth-order valence-corrected chi connectivity index (χ4v) is 2.69. The molecule has 0 heterocycles. The summed E-state index contributed by atoms with van der Waals surface area (Å²) in [7, 11) is 1.08. The molecule has 0 amide bonds. The number of hydrogen-bond acceptors (Lipinski definition) is 8. The predicted octanol–water partition coefficient (Wildman–Crippen LogP) is -0.263. The lowest BCUT2D eigenvalue weighted by molar-refractivity contribution is -0.198. The van der Waals surface area contributed by atoms with Gasteiger partial charge in [0, 0.05) is 24.5 Å². The predicted molar refractivity (Wildman–Crippen MR) is 85.2 cm³/mol. The van der Waals surface area contributed by atoms with Crippen molar-refractivity contribution < 1.29 is 39.5 Å². The van der Waals surface area contributed by atoms with E-state index in [0.29, 0.717) is 5.56 Å². The van der Waals surface area contributed by atoms with E-state index >= 15 is 0 Å². The summed E-state index contributed by atoms with van der Waals surface area (Å²) in [4.78, 5) is 23.6. The maximum atomic E-state index is 11.9. The van der Waals surface area contributed by atoms with E-state index in [4.69, 9.17) is 4.74 Å². The number of carbonyl (C=O) groups is 2. The van der Waals surface area contributed by atoms with Crippen molar-refractivity contribution in [1.82, 2.24) is 0 Å². The second-order valence-electron chi connectivity index (χ2n) is 5.86. The molecule has 8 nitrogen and oxygen atoms in total. The Balaban J connectivity index is 2.08. The highest BCUT2D eigenvalue weighted by molar-refractivity contribution is 5.88. The molecule has 1 aliphatic rings. The first kappa shape index (κ1) is 18.9. The van der Waals surface area contributed by atoms with Crippen molar-refractivity contribution in [2.45, 2.75) is 36.8 Å². The molecule has 25 heavy (non-hydrogen) atoms. The minimum atomic E-state index is -2.06. The molecule has 136 valence electrons. The van der Waals surface area contributed by atoms with E-state index in [1.54, 1.807) is 18.2 Å². The number of ether oxygens (including phenoxy) is 2. The van der Waals surface area contributed by atoms with Gasteiger partial charge in [0.1, 0.15) is 18.0 Å².